The highest BCUT2D eigenvalue weighted by Crippen LogP contribution is 2.35. The average molecular weight is 238 g/mol. The second-order valence-electron chi connectivity index (χ2n) is 5.88. The van der Waals surface area contributed by atoms with E-state index in [1.165, 1.54) is 12.8 Å². The number of nitrogens with zero attached hydrogens (tertiary/aromatic N) is 1. The number of hydrogen-bond acceptors (Lipinski definition) is 2. The Kier molecular flexibility index (Phi) is 4.08. The van der Waals surface area contributed by atoms with Crippen molar-refractivity contribution < 1.29 is 4.79 Å². The Bertz CT molecular complexity index is 271. The lowest BCUT2D eigenvalue weighted by Crippen LogP contribution is -2.51. The lowest BCUT2D eigenvalue weighted by Gasteiger charge is -2.42. The zero-order valence-corrected chi connectivity index (χ0v) is 11.3. The normalized spacial score (nSPS) is 29.1. The molecule has 2 aliphatic rings. The quantitative estimate of drug-likeness (QED) is 0.798. The predicted molar refractivity (Wildman–Crippen MR) is 69.8 cm³/mol. The van der Waals surface area contributed by atoms with Crippen molar-refractivity contribution in [1.29, 1.82) is 0 Å². The van der Waals surface area contributed by atoms with E-state index in [1.807, 2.05) is 0 Å². The van der Waals surface area contributed by atoms with Gasteiger partial charge in [-0.15, -0.1) is 0 Å². The molecule has 0 saturated carbocycles. The molecule has 0 aromatic rings. The molecule has 0 radical (unpaired) electrons. The summed E-state index contributed by atoms with van der Waals surface area (Å²) >= 11 is 0. The first-order chi connectivity index (χ1) is 8.18. The van der Waals surface area contributed by atoms with Crippen LogP contribution >= 0.6 is 0 Å². The van der Waals surface area contributed by atoms with Crippen LogP contribution in [0.1, 0.15) is 46.0 Å². The minimum atomic E-state index is -0.0533. The Balaban J connectivity index is 2.05. The Morgan fingerprint density at radius 2 is 2.12 bits per heavy atom. The van der Waals surface area contributed by atoms with Gasteiger partial charge in [-0.3, -0.25) is 4.79 Å². The van der Waals surface area contributed by atoms with Gasteiger partial charge in [0.25, 0.3) is 0 Å². The van der Waals surface area contributed by atoms with Crippen LogP contribution in [0, 0.1) is 11.3 Å². The van der Waals surface area contributed by atoms with E-state index in [2.05, 4.69) is 24.1 Å². The van der Waals surface area contributed by atoms with Crippen LogP contribution in [0.2, 0.25) is 0 Å². The number of hydrogen-bond donors (Lipinski definition) is 1. The number of piperidine rings is 2. The lowest BCUT2D eigenvalue weighted by molar-refractivity contribution is -0.146. The first-order valence-electron chi connectivity index (χ1n) is 7.18. The molecule has 3 nitrogen and oxygen atoms in total. The van der Waals surface area contributed by atoms with E-state index >= 15 is 0 Å². The van der Waals surface area contributed by atoms with E-state index in [0.29, 0.717) is 11.8 Å². The molecule has 1 atom stereocenters. The smallest absolute Gasteiger partial charge is 0.228 e. The van der Waals surface area contributed by atoms with Crippen molar-refractivity contribution in [2.75, 3.05) is 26.2 Å². The summed E-state index contributed by atoms with van der Waals surface area (Å²) in [4.78, 5) is 14.9. The Morgan fingerprint density at radius 1 is 1.41 bits per heavy atom. The van der Waals surface area contributed by atoms with Gasteiger partial charge in [0.15, 0.2) is 0 Å². The molecule has 2 fully saturated rings. The molecule has 2 aliphatic heterocycles. The standard InChI is InChI=1S/C14H26N2O/c1-3-14(6-8-15-9-7-14)13(17)16-10-4-5-12(2)11-16/h12,15H,3-11H2,1-2H3. The van der Waals surface area contributed by atoms with E-state index < -0.39 is 0 Å². The van der Waals surface area contributed by atoms with Gasteiger partial charge in [0, 0.05) is 13.1 Å². The topological polar surface area (TPSA) is 32.3 Å². The molecule has 1 N–H and O–H groups in total. The molecule has 1 amide bonds. The Morgan fingerprint density at radius 3 is 2.71 bits per heavy atom. The van der Waals surface area contributed by atoms with E-state index in [0.717, 1.165) is 45.4 Å². The lowest BCUT2D eigenvalue weighted by atomic mass is 9.75. The minimum absolute atomic E-state index is 0.0533. The fraction of sp³-hybridized carbons (Fsp3) is 0.929. The second-order valence-corrected chi connectivity index (χ2v) is 5.88. The zero-order valence-electron chi connectivity index (χ0n) is 11.3. The summed E-state index contributed by atoms with van der Waals surface area (Å²) in [6, 6.07) is 0. The van der Waals surface area contributed by atoms with Gasteiger partial charge in [-0.05, 0) is 51.1 Å². The molecule has 0 spiro atoms. The third kappa shape index (κ3) is 2.65. The van der Waals surface area contributed by atoms with Gasteiger partial charge in [0.2, 0.25) is 5.91 Å². The van der Waals surface area contributed by atoms with Gasteiger partial charge in [-0.1, -0.05) is 13.8 Å². The highest BCUT2D eigenvalue weighted by atomic mass is 16.2. The van der Waals surface area contributed by atoms with Crippen molar-refractivity contribution in [2.24, 2.45) is 11.3 Å². The molecule has 17 heavy (non-hydrogen) atoms. The van der Waals surface area contributed by atoms with E-state index in [-0.39, 0.29) is 5.41 Å². The highest BCUT2D eigenvalue weighted by Gasteiger charge is 2.41. The molecule has 3 heteroatoms. The number of rotatable bonds is 2. The van der Waals surface area contributed by atoms with Gasteiger partial charge >= 0.3 is 0 Å². The minimum Gasteiger partial charge on any atom is -0.342 e. The summed E-state index contributed by atoms with van der Waals surface area (Å²) in [6.45, 7) is 8.41. The summed E-state index contributed by atoms with van der Waals surface area (Å²) in [7, 11) is 0. The van der Waals surface area contributed by atoms with Gasteiger partial charge in [-0.25, -0.2) is 0 Å². The van der Waals surface area contributed by atoms with Crippen molar-refractivity contribution in [3.63, 3.8) is 0 Å². The summed E-state index contributed by atoms with van der Waals surface area (Å²) in [5.41, 5.74) is -0.0533. The summed E-state index contributed by atoms with van der Waals surface area (Å²) in [5.74, 6) is 1.12. The van der Waals surface area contributed by atoms with Crippen LogP contribution in [-0.4, -0.2) is 37.0 Å². The summed E-state index contributed by atoms with van der Waals surface area (Å²) in [5, 5.41) is 3.37. The fourth-order valence-electron chi connectivity index (χ4n) is 3.33. The molecule has 98 valence electrons. The van der Waals surface area contributed by atoms with Crippen LogP contribution in [0.4, 0.5) is 0 Å². The molecule has 0 aromatic heterocycles. The predicted octanol–water partition coefficient (Wildman–Crippen LogP) is 2.02. The molecular weight excluding hydrogens is 212 g/mol. The third-order valence-electron chi connectivity index (χ3n) is 4.64. The van der Waals surface area contributed by atoms with Crippen LogP contribution in [-0.2, 0) is 4.79 Å². The van der Waals surface area contributed by atoms with Crippen LogP contribution < -0.4 is 5.32 Å². The molecule has 2 saturated heterocycles. The first-order valence-corrected chi connectivity index (χ1v) is 7.18. The van der Waals surface area contributed by atoms with Gasteiger partial charge in [-0.2, -0.15) is 0 Å². The number of amides is 1. The monoisotopic (exact) mass is 238 g/mol. The Labute approximate surface area is 105 Å². The second kappa shape index (κ2) is 5.38. The SMILES string of the molecule is CCC1(C(=O)N2CCCC(C)C2)CCNCC1. The maximum absolute atomic E-state index is 12.7. The largest absolute Gasteiger partial charge is 0.342 e. The Hall–Kier alpha value is -0.570. The first kappa shape index (κ1) is 12.9. The van der Waals surface area contributed by atoms with E-state index in [9.17, 15) is 4.79 Å². The summed E-state index contributed by atoms with van der Waals surface area (Å²) < 4.78 is 0. The number of likely N-dealkylation sites (tertiary alicyclic amines) is 1. The van der Waals surface area contributed by atoms with Crippen LogP contribution in [0.5, 0.6) is 0 Å². The maximum atomic E-state index is 12.7. The van der Waals surface area contributed by atoms with Crippen LogP contribution in [0.3, 0.4) is 0 Å². The van der Waals surface area contributed by atoms with Crippen molar-refractivity contribution in [2.45, 2.75) is 46.0 Å². The molecule has 2 rings (SSSR count). The van der Waals surface area contributed by atoms with Gasteiger partial charge in [0.1, 0.15) is 0 Å². The average Bonchev–Trinajstić information content (AvgIpc) is 2.38. The van der Waals surface area contributed by atoms with Gasteiger partial charge < -0.3 is 10.2 Å². The van der Waals surface area contributed by atoms with Crippen LogP contribution in [0.15, 0.2) is 0 Å². The molecular formula is C14H26N2O. The highest BCUT2D eigenvalue weighted by molar-refractivity contribution is 5.83. The molecule has 0 aromatic carbocycles. The molecule has 1 unspecified atom stereocenters. The van der Waals surface area contributed by atoms with Gasteiger partial charge in [0.05, 0.1) is 5.41 Å². The third-order valence-corrected chi connectivity index (χ3v) is 4.64. The number of carbonyl (C=O) groups excluding carboxylic acids is 1. The maximum Gasteiger partial charge on any atom is 0.228 e. The van der Waals surface area contributed by atoms with Crippen molar-refractivity contribution in [3.05, 3.63) is 0 Å². The number of nitrogens with one attached hydrogen (secondary N) is 1. The zero-order chi connectivity index (χ0) is 12.3. The van der Waals surface area contributed by atoms with Crippen molar-refractivity contribution >= 4 is 5.91 Å². The fourth-order valence-corrected chi connectivity index (χ4v) is 3.33. The van der Waals surface area contributed by atoms with Crippen LogP contribution in [0.25, 0.3) is 0 Å². The summed E-state index contributed by atoms with van der Waals surface area (Å²) in [6.07, 6.45) is 5.51. The molecule has 0 aliphatic carbocycles. The van der Waals surface area contributed by atoms with Crippen molar-refractivity contribution in [1.82, 2.24) is 10.2 Å². The van der Waals surface area contributed by atoms with E-state index in [1.54, 1.807) is 0 Å². The number of carbonyl (C=O) groups is 1. The van der Waals surface area contributed by atoms with Crippen molar-refractivity contribution in [3.8, 4) is 0 Å². The van der Waals surface area contributed by atoms with E-state index in [4.69, 9.17) is 0 Å². The molecule has 0 bridgehead atoms. The molecule has 2 heterocycles.